The molecule has 0 fully saturated rings. The third-order valence-corrected chi connectivity index (χ3v) is 0.750. The standard InChI is InChI=1S/C8H19N.Zr/c1-7(2,3)9-8(4,5)6;/h9H,1-6H3;. The first kappa shape index (κ1) is 13.4. The molecule has 0 saturated heterocycles. The zero-order valence-electron chi connectivity index (χ0n) is 8.00. The van der Waals surface area contributed by atoms with Crippen molar-refractivity contribution < 1.29 is 26.2 Å². The molecule has 0 aromatic rings. The Bertz CT molecular complexity index is 74.4. The van der Waals surface area contributed by atoms with Gasteiger partial charge in [0.15, 0.2) is 0 Å². The molecule has 1 nitrogen and oxygen atoms in total. The molecule has 0 saturated carbocycles. The quantitative estimate of drug-likeness (QED) is 0.660. The molecule has 0 aromatic heterocycles. The summed E-state index contributed by atoms with van der Waals surface area (Å²) in [5, 5.41) is 3.46. The van der Waals surface area contributed by atoms with Gasteiger partial charge in [0, 0.05) is 37.3 Å². The molecule has 1 N–H and O–H groups in total. The molecule has 10 heavy (non-hydrogen) atoms. The molecule has 0 aliphatic carbocycles. The first-order valence-electron chi connectivity index (χ1n) is 3.50. The molecule has 0 bridgehead atoms. The number of hydrogen-bond acceptors (Lipinski definition) is 1. The molecule has 60 valence electrons. The van der Waals surface area contributed by atoms with Gasteiger partial charge in [-0.05, 0) is 41.5 Å². The minimum Gasteiger partial charge on any atom is -0.307 e. The average molecular weight is 220 g/mol. The smallest absolute Gasteiger partial charge is 0.0101 e. The molecular weight excluding hydrogens is 201 g/mol. The summed E-state index contributed by atoms with van der Waals surface area (Å²) in [6, 6.07) is 0. The van der Waals surface area contributed by atoms with Gasteiger partial charge in [0.1, 0.15) is 0 Å². The molecule has 0 atom stereocenters. The molecule has 0 aromatic carbocycles. The maximum atomic E-state index is 3.46. The zero-order valence-corrected chi connectivity index (χ0v) is 10.5. The van der Waals surface area contributed by atoms with Crippen molar-refractivity contribution in [3.63, 3.8) is 0 Å². The van der Waals surface area contributed by atoms with Crippen LogP contribution in [-0.2, 0) is 26.2 Å². The van der Waals surface area contributed by atoms with Crippen molar-refractivity contribution in [3.8, 4) is 0 Å². The number of hydrogen-bond donors (Lipinski definition) is 1. The largest absolute Gasteiger partial charge is 0.307 e. The summed E-state index contributed by atoms with van der Waals surface area (Å²) in [5.74, 6) is 0. The summed E-state index contributed by atoms with van der Waals surface area (Å²) in [4.78, 5) is 0. The van der Waals surface area contributed by atoms with Crippen LogP contribution in [0.4, 0.5) is 0 Å². The van der Waals surface area contributed by atoms with E-state index in [9.17, 15) is 0 Å². The summed E-state index contributed by atoms with van der Waals surface area (Å²) in [6.07, 6.45) is 0. The van der Waals surface area contributed by atoms with Crippen molar-refractivity contribution in [2.75, 3.05) is 0 Å². The third kappa shape index (κ3) is 11.6. The van der Waals surface area contributed by atoms with E-state index in [-0.39, 0.29) is 37.3 Å². The van der Waals surface area contributed by atoms with E-state index in [1.54, 1.807) is 0 Å². The summed E-state index contributed by atoms with van der Waals surface area (Å²) in [6.45, 7) is 13.1. The predicted molar refractivity (Wildman–Crippen MR) is 42.6 cm³/mol. The van der Waals surface area contributed by atoms with Crippen LogP contribution < -0.4 is 5.32 Å². The van der Waals surface area contributed by atoms with Crippen LogP contribution >= 0.6 is 0 Å². The van der Waals surface area contributed by atoms with E-state index >= 15 is 0 Å². The van der Waals surface area contributed by atoms with Gasteiger partial charge in [-0.25, -0.2) is 0 Å². The van der Waals surface area contributed by atoms with Crippen LogP contribution in [0.5, 0.6) is 0 Å². The Balaban J connectivity index is 0. The minimum atomic E-state index is 0. The van der Waals surface area contributed by atoms with Crippen LogP contribution in [-0.4, -0.2) is 11.1 Å². The van der Waals surface area contributed by atoms with Gasteiger partial charge in [-0.1, -0.05) is 0 Å². The molecule has 0 radical (unpaired) electrons. The molecule has 0 aliphatic rings. The summed E-state index contributed by atoms with van der Waals surface area (Å²) < 4.78 is 0. The fourth-order valence-electron chi connectivity index (χ4n) is 1.12. The SMILES string of the molecule is CC(C)(C)NC(C)(C)C.[Zr]. The average Bonchev–Trinajstić information content (AvgIpc) is 1.14. The zero-order chi connectivity index (χ0) is 7.71. The molecule has 0 aliphatic heterocycles. The Morgan fingerprint density at radius 3 is 0.900 bits per heavy atom. The molecule has 2 heteroatoms. The van der Waals surface area contributed by atoms with E-state index in [4.69, 9.17) is 0 Å². The van der Waals surface area contributed by atoms with Crippen molar-refractivity contribution in [2.24, 2.45) is 0 Å². The van der Waals surface area contributed by atoms with Crippen LogP contribution in [0.15, 0.2) is 0 Å². The monoisotopic (exact) mass is 219 g/mol. The van der Waals surface area contributed by atoms with Gasteiger partial charge in [-0.2, -0.15) is 0 Å². The second-order valence-electron chi connectivity index (χ2n) is 4.62. The van der Waals surface area contributed by atoms with E-state index in [1.807, 2.05) is 0 Å². The Kier molecular flexibility index (Phi) is 5.40. The Morgan fingerprint density at radius 1 is 0.700 bits per heavy atom. The fourth-order valence-corrected chi connectivity index (χ4v) is 1.12. The summed E-state index contributed by atoms with van der Waals surface area (Å²) in [7, 11) is 0. The second kappa shape index (κ2) is 4.02. The maximum absolute atomic E-state index is 3.46. The Hall–Kier alpha value is 0.843. The van der Waals surface area contributed by atoms with Crippen molar-refractivity contribution >= 4 is 0 Å². The maximum Gasteiger partial charge on any atom is 0.0101 e. The van der Waals surface area contributed by atoms with Crippen molar-refractivity contribution in [2.45, 2.75) is 52.6 Å². The number of nitrogens with one attached hydrogen (secondary N) is 1. The van der Waals surface area contributed by atoms with Gasteiger partial charge in [-0.3, -0.25) is 0 Å². The van der Waals surface area contributed by atoms with Crippen LogP contribution in [0.1, 0.15) is 41.5 Å². The van der Waals surface area contributed by atoms with E-state index in [0.29, 0.717) is 0 Å². The van der Waals surface area contributed by atoms with Crippen LogP contribution in [0.25, 0.3) is 0 Å². The van der Waals surface area contributed by atoms with Crippen LogP contribution in [0.3, 0.4) is 0 Å². The van der Waals surface area contributed by atoms with Gasteiger partial charge in [0.25, 0.3) is 0 Å². The Morgan fingerprint density at radius 2 is 0.900 bits per heavy atom. The minimum absolute atomic E-state index is 0. The molecular formula is C8H19NZr. The molecule has 0 rings (SSSR count). The van der Waals surface area contributed by atoms with Crippen LogP contribution in [0, 0.1) is 0 Å². The van der Waals surface area contributed by atoms with E-state index < -0.39 is 0 Å². The van der Waals surface area contributed by atoms with Gasteiger partial charge in [-0.15, -0.1) is 0 Å². The van der Waals surface area contributed by atoms with Crippen molar-refractivity contribution in [1.82, 2.24) is 5.32 Å². The fraction of sp³-hybridized carbons (Fsp3) is 1.00. The summed E-state index contributed by atoms with van der Waals surface area (Å²) in [5.41, 5.74) is 0.469. The number of rotatable bonds is 0. The molecule has 0 heterocycles. The molecule has 0 amide bonds. The van der Waals surface area contributed by atoms with Gasteiger partial charge in [0.2, 0.25) is 0 Å². The van der Waals surface area contributed by atoms with Crippen molar-refractivity contribution in [3.05, 3.63) is 0 Å². The molecule has 0 unspecified atom stereocenters. The second-order valence-corrected chi connectivity index (χ2v) is 4.62. The van der Waals surface area contributed by atoms with Crippen molar-refractivity contribution in [1.29, 1.82) is 0 Å². The first-order valence-corrected chi connectivity index (χ1v) is 3.50. The molecule has 0 spiro atoms. The third-order valence-electron chi connectivity index (χ3n) is 0.750. The Labute approximate surface area is 84.1 Å². The van der Waals surface area contributed by atoms with E-state index in [1.165, 1.54) is 0 Å². The first-order chi connectivity index (χ1) is 3.71. The topological polar surface area (TPSA) is 12.0 Å². The van der Waals surface area contributed by atoms with Gasteiger partial charge >= 0.3 is 0 Å². The van der Waals surface area contributed by atoms with Gasteiger partial charge in [0.05, 0.1) is 0 Å². The van der Waals surface area contributed by atoms with Crippen LogP contribution in [0.2, 0.25) is 0 Å². The predicted octanol–water partition coefficient (Wildman–Crippen LogP) is 2.17. The summed E-state index contributed by atoms with van der Waals surface area (Å²) >= 11 is 0. The van der Waals surface area contributed by atoms with Gasteiger partial charge < -0.3 is 5.32 Å². The van der Waals surface area contributed by atoms with E-state index in [2.05, 4.69) is 46.9 Å². The normalized spacial score (nSPS) is 12.6. The van der Waals surface area contributed by atoms with E-state index in [0.717, 1.165) is 0 Å².